The Morgan fingerprint density at radius 3 is 2.77 bits per heavy atom. The van der Waals surface area contributed by atoms with Gasteiger partial charge in [0.15, 0.2) is 11.2 Å². The summed E-state index contributed by atoms with van der Waals surface area (Å²) in [7, 11) is 0. The van der Waals surface area contributed by atoms with Gasteiger partial charge in [-0.25, -0.2) is 4.98 Å². The molecule has 2 heterocycles. The number of fused-ring (bicyclic) bond motifs is 1. The van der Waals surface area contributed by atoms with Crippen LogP contribution in [0.2, 0.25) is 0 Å². The van der Waals surface area contributed by atoms with Gasteiger partial charge in [-0.1, -0.05) is 0 Å². The van der Waals surface area contributed by atoms with Crippen LogP contribution in [0, 0.1) is 0 Å². The maximum Gasteiger partial charge on any atom is 0.278 e. The molecule has 2 rings (SSSR count). The fourth-order valence-corrected chi connectivity index (χ4v) is 0.860. The van der Waals surface area contributed by atoms with Gasteiger partial charge in [0.2, 0.25) is 5.95 Å². The van der Waals surface area contributed by atoms with Gasteiger partial charge in [-0.3, -0.25) is 9.78 Å². The average molecular weight is 313 g/mol. The standard InChI is InChI=1S/C5H5N5O.2BrH/c6-5-9-3-2(4(11)10-5)7-1-8-3;;/h1H,(H4,6,7,8,9,10,11);2*1H. The molecule has 0 aliphatic rings. The van der Waals surface area contributed by atoms with Crippen molar-refractivity contribution in [3.05, 3.63) is 16.7 Å². The van der Waals surface area contributed by atoms with E-state index in [1.807, 2.05) is 0 Å². The van der Waals surface area contributed by atoms with Gasteiger partial charge < -0.3 is 10.7 Å². The van der Waals surface area contributed by atoms with Gasteiger partial charge in [0.25, 0.3) is 5.56 Å². The third kappa shape index (κ3) is 2.07. The topological polar surface area (TPSA) is 100 Å². The van der Waals surface area contributed by atoms with E-state index in [9.17, 15) is 4.79 Å². The summed E-state index contributed by atoms with van der Waals surface area (Å²) in [6, 6.07) is 0. The van der Waals surface area contributed by atoms with Gasteiger partial charge in [0.1, 0.15) is 0 Å². The summed E-state index contributed by atoms with van der Waals surface area (Å²) < 4.78 is 0. The smallest absolute Gasteiger partial charge is 0.278 e. The Balaban J connectivity index is 0.000000720. The van der Waals surface area contributed by atoms with Crippen LogP contribution in [-0.2, 0) is 0 Å². The molecule has 8 heteroatoms. The second-order valence-electron chi connectivity index (χ2n) is 2.05. The fraction of sp³-hybridized carbons (Fsp3) is 0. The minimum absolute atomic E-state index is 0. The molecule has 6 nitrogen and oxygen atoms in total. The van der Waals surface area contributed by atoms with Crippen LogP contribution >= 0.6 is 34.0 Å². The molecule has 0 atom stereocenters. The Bertz CT molecular complexity index is 449. The molecule has 0 fully saturated rings. The van der Waals surface area contributed by atoms with Crippen LogP contribution in [0.1, 0.15) is 0 Å². The molecule has 2 aromatic heterocycles. The molecule has 0 aliphatic heterocycles. The molecule has 0 saturated carbocycles. The highest BCUT2D eigenvalue weighted by molar-refractivity contribution is 8.93. The summed E-state index contributed by atoms with van der Waals surface area (Å²) in [4.78, 5) is 23.5. The van der Waals surface area contributed by atoms with E-state index in [4.69, 9.17) is 5.73 Å². The first kappa shape index (κ1) is 12.1. The number of nitrogens with zero attached hydrogens (tertiary/aromatic N) is 2. The first-order chi connectivity index (χ1) is 5.27. The van der Waals surface area contributed by atoms with Gasteiger partial charge in [-0.05, 0) is 0 Å². The lowest BCUT2D eigenvalue weighted by Crippen LogP contribution is -2.10. The maximum atomic E-state index is 11.0. The number of imidazole rings is 1. The monoisotopic (exact) mass is 311 g/mol. The molecule has 0 radical (unpaired) electrons. The van der Waals surface area contributed by atoms with Crippen LogP contribution in [0.15, 0.2) is 11.1 Å². The highest BCUT2D eigenvalue weighted by Gasteiger charge is 2.01. The lowest BCUT2D eigenvalue weighted by molar-refractivity contribution is 1.17. The van der Waals surface area contributed by atoms with Crippen molar-refractivity contribution in [3.8, 4) is 0 Å². The summed E-state index contributed by atoms with van der Waals surface area (Å²) in [5.41, 5.74) is 5.65. The molecule has 0 spiro atoms. The Kier molecular flexibility index (Phi) is 4.08. The molecule has 13 heavy (non-hydrogen) atoms. The zero-order valence-corrected chi connectivity index (χ0v) is 9.70. The molecule has 0 aliphatic carbocycles. The van der Waals surface area contributed by atoms with E-state index in [1.165, 1.54) is 6.33 Å². The van der Waals surface area contributed by atoms with E-state index in [2.05, 4.69) is 19.9 Å². The van der Waals surface area contributed by atoms with Crippen LogP contribution < -0.4 is 11.3 Å². The lowest BCUT2D eigenvalue weighted by atomic mass is 10.5. The van der Waals surface area contributed by atoms with Gasteiger partial charge >= 0.3 is 0 Å². The number of H-pyrrole nitrogens is 2. The number of hydrogen-bond acceptors (Lipinski definition) is 4. The second-order valence-corrected chi connectivity index (χ2v) is 2.05. The zero-order chi connectivity index (χ0) is 7.84. The first-order valence-corrected chi connectivity index (χ1v) is 2.96. The number of nitrogen functional groups attached to an aromatic ring is 1. The number of halogens is 2. The predicted molar refractivity (Wildman–Crippen MR) is 59.6 cm³/mol. The summed E-state index contributed by atoms with van der Waals surface area (Å²) in [6.07, 6.45) is 1.40. The predicted octanol–water partition coefficient (Wildman–Crippen LogP) is 0.384. The summed E-state index contributed by atoms with van der Waals surface area (Å²) in [5.74, 6) is 0.0783. The van der Waals surface area contributed by atoms with Crippen molar-refractivity contribution in [1.29, 1.82) is 0 Å². The fourth-order valence-electron chi connectivity index (χ4n) is 0.860. The summed E-state index contributed by atoms with van der Waals surface area (Å²) in [6.45, 7) is 0. The lowest BCUT2D eigenvalue weighted by Gasteiger charge is -1.89. The maximum absolute atomic E-state index is 11.0. The van der Waals surface area contributed by atoms with Gasteiger partial charge in [-0.15, -0.1) is 34.0 Å². The van der Waals surface area contributed by atoms with E-state index in [1.54, 1.807) is 0 Å². The van der Waals surface area contributed by atoms with Crippen LogP contribution in [0.4, 0.5) is 5.95 Å². The van der Waals surface area contributed by atoms with Gasteiger partial charge in [0, 0.05) is 0 Å². The van der Waals surface area contributed by atoms with Crippen molar-refractivity contribution < 1.29 is 0 Å². The molecule has 2 aromatic rings. The number of rotatable bonds is 0. The summed E-state index contributed by atoms with van der Waals surface area (Å²) >= 11 is 0. The zero-order valence-electron chi connectivity index (χ0n) is 6.27. The molecular formula is C5H7Br2N5O. The minimum Gasteiger partial charge on any atom is -0.369 e. The molecular weight excluding hydrogens is 306 g/mol. The molecule has 0 aromatic carbocycles. The Hall–Kier alpha value is -0.890. The van der Waals surface area contributed by atoms with Crippen molar-refractivity contribution in [2.24, 2.45) is 0 Å². The normalized spacial score (nSPS) is 8.92. The highest BCUT2D eigenvalue weighted by Crippen LogP contribution is 1.98. The van der Waals surface area contributed by atoms with E-state index < -0.39 is 0 Å². The number of hydrogen-bond donors (Lipinski definition) is 3. The van der Waals surface area contributed by atoms with Crippen molar-refractivity contribution in [3.63, 3.8) is 0 Å². The quantitative estimate of drug-likeness (QED) is 0.655. The first-order valence-electron chi connectivity index (χ1n) is 2.96. The van der Waals surface area contributed by atoms with Crippen LogP contribution in [0.25, 0.3) is 11.2 Å². The number of aromatic nitrogens is 4. The van der Waals surface area contributed by atoms with Gasteiger partial charge in [0.05, 0.1) is 6.33 Å². The number of aromatic amines is 2. The molecule has 72 valence electrons. The van der Waals surface area contributed by atoms with E-state index in [0.717, 1.165) is 0 Å². The van der Waals surface area contributed by atoms with E-state index in [-0.39, 0.29) is 45.5 Å². The largest absolute Gasteiger partial charge is 0.369 e. The molecule has 0 unspecified atom stereocenters. The van der Waals surface area contributed by atoms with Crippen molar-refractivity contribution in [2.75, 3.05) is 5.73 Å². The second kappa shape index (κ2) is 4.38. The third-order valence-corrected chi connectivity index (χ3v) is 1.31. The number of nitrogens with one attached hydrogen (secondary N) is 2. The SMILES string of the molecule is Br.Br.Nc1nc2nc[nH]c2c(=O)[nH]1. The highest BCUT2D eigenvalue weighted by atomic mass is 79.9. The average Bonchev–Trinajstić information content (AvgIpc) is 2.34. The Morgan fingerprint density at radius 2 is 2.08 bits per heavy atom. The molecule has 4 N–H and O–H groups in total. The third-order valence-electron chi connectivity index (χ3n) is 1.31. The van der Waals surface area contributed by atoms with Crippen molar-refractivity contribution in [1.82, 2.24) is 19.9 Å². The number of nitrogens with two attached hydrogens (primary N) is 1. The van der Waals surface area contributed by atoms with Crippen LogP contribution in [0.3, 0.4) is 0 Å². The van der Waals surface area contributed by atoms with Gasteiger partial charge in [-0.2, -0.15) is 4.98 Å². The molecule has 0 bridgehead atoms. The van der Waals surface area contributed by atoms with E-state index in [0.29, 0.717) is 11.2 Å². The van der Waals surface area contributed by atoms with Crippen LogP contribution in [-0.4, -0.2) is 19.9 Å². The minimum atomic E-state index is -0.301. The number of anilines is 1. The van der Waals surface area contributed by atoms with E-state index >= 15 is 0 Å². The molecule has 0 saturated heterocycles. The van der Waals surface area contributed by atoms with Crippen molar-refractivity contribution in [2.45, 2.75) is 0 Å². The molecule has 0 amide bonds. The Labute approximate surface area is 93.5 Å². The Morgan fingerprint density at radius 1 is 1.38 bits per heavy atom. The summed E-state index contributed by atoms with van der Waals surface area (Å²) in [5, 5.41) is 0. The van der Waals surface area contributed by atoms with Crippen molar-refractivity contribution >= 4 is 51.1 Å². The van der Waals surface area contributed by atoms with Crippen LogP contribution in [0.5, 0.6) is 0 Å².